The van der Waals surface area contributed by atoms with Gasteiger partial charge in [-0.25, -0.2) is 0 Å². The second kappa shape index (κ2) is 65.6. The molecule has 0 saturated heterocycles. The molecule has 6 heteroatoms. The summed E-state index contributed by atoms with van der Waals surface area (Å²) in [5.41, 5.74) is 0. The Balaban J connectivity index is 4.25. The van der Waals surface area contributed by atoms with Gasteiger partial charge in [-0.15, -0.1) is 0 Å². The Morgan fingerprint density at radius 3 is 0.885 bits per heavy atom. The molecule has 0 rings (SSSR count). The van der Waals surface area contributed by atoms with Gasteiger partial charge in [0, 0.05) is 12.8 Å². The molecule has 1 unspecified atom stereocenters. The maximum atomic E-state index is 12.8. The normalized spacial score (nSPS) is 12.8. The monoisotopic (exact) mass is 1080 g/mol. The average Bonchev–Trinajstić information content (AvgIpc) is 3.44. The summed E-state index contributed by atoms with van der Waals surface area (Å²) in [7, 11) is 0. The van der Waals surface area contributed by atoms with Crippen LogP contribution in [-0.2, 0) is 28.6 Å². The Kier molecular flexibility index (Phi) is 62.3. The number of hydrogen-bond donors (Lipinski definition) is 0. The van der Waals surface area contributed by atoms with Crippen LogP contribution < -0.4 is 0 Å². The van der Waals surface area contributed by atoms with Crippen LogP contribution in [0.3, 0.4) is 0 Å². The quantitative estimate of drug-likeness (QED) is 0.0261. The molecule has 0 aliphatic heterocycles. The Bertz CT molecular complexity index is 1570. The molecule has 0 fully saturated rings. The molecule has 0 amide bonds. The number of allylic oxidation sites excluding steroid dienone is 17. The van der Waals surface area contributed by atoms with E-state index in [1.54, 1.807) is 6.08 Å². The van der Waals surface area contributed by atoms with E-state index in [4.69, 9.17) is 14.2 Å². The van der Waals surface area contributed by atoms with Gasteiger partial charge in [-0.05, 0) is 103 Å². The van der Waals surface area contributed by atoms with E-state index in [9.17, 15) is 14.4 Å². The van der Waals surface area contributed by atoms with Crippen molar-refractivity contribution in [1.82, 2.24) is 0 Å². The van der Waals surface area contributed by atoms with E-state index in [2.05, 4.69) is 118 Å². The highest BCUT2D eigenvalue weighted by Crippen LogP contribution is 2.17. The van der Waals surface area contributed by atoms with Gasteiger partial charge in [0.25, 0.3) is 0 Å². The zero-order chi connectivity index (χ0) is 56.4. The lowest BCUT2D eigenvalue weighted by Gasteiger charge is -2.18. The van der Waals surface area contributed by atoms with Crippen LogP contribution >= 0.6 is 0 Å². The molecule has 0 aromatic carbocycles. The third kappa shape index (κ3) is 62.9. The van der Waals surface area contributed by atoms with Gasteiger partial charge >= 0.3 is 17.9 Å². The molecule has 0 aromatic rings. The molecule has 446 valence electrons. The number of ether oxygens (including phenoxy) is 3. The molecule has 0 spiro atoms. The van der Waals surface area contributed by atoms with Gasteiger partial charge in [-0.1, -0.05) is 297 Å². The van der Waals surface area contributed by atoms with E-state index in [0.717, 1.165) is 103 Å². The lowest BCUT2D eigenvalue weighted by atomic mass is 10.0. The summed E-state index contributed by atoms with van der Waals surface area (Å²) >= 11 is 0. The summed E-state index contributed by atoms with van der Waals surface area (Å²) in [6.07, 6.45) is 90.0. The van der Waals surface area contributed by atoms with Crippen molar-refractivity contribution in [2.24, 2.45) is 0 Å². The summed E-state index contributed by atoms with van der Waals surface area (Å²) in [5, 5.41) is 0. The van der Waals surface area contributed by atoms with Gasteiger partial charge in [0.05, 0.1) is 6.42 Å². The highest BCUT2D eigenvalue weighted by atomic mass is 16.6. The van der Waals surface area contributed by atoms with Gasteiger partial charge in [0.1, 0.15) is 13.2 Å². The van der Waals surface area contributed by atoms with Crippen LogP contribution in [0.5, 0.6) is 0 Å². The van der Waals surface area contributed by atoms with Crippen LogP contribution in [-0.4, -0.2) is 37.2 Å². The molecule has 0 aromatic heterocycles. The second-order valence-corrected chi connectivity index (χ2v) is 21.7. The fourth-order valence-corrected chi connectivity index (χ4v) is 9.10. The smallest absolute Gasteiger partial charge is 0.310 e. The first kappa shape index (κ1) is 74.1. The molecular weight excluding hydrogens is 961 g/mol. The molecular formula is C72H122O6. The predicted octanol–water partition coefficient (Wildman–Crippen LogP) is 22.6. The minimum atomic E-state index is -0.839. The number of carbonyl (C=O) groups is 3. The molecule has 0 bridgehead atoms. The molecule has 0 saturated carbocycles. The van der Waals surface area contributed by atoms with Crippen molar-refractivity contribution < 1.29 is 28.6 Å². The Morgan fingerprint density at radius 2 is 0.551 bits per heavy atom. The molecule has 0 aliphatic rings. The fraction of sp³-hybridized carbons (Fsp3) is 0.708. The second-order valence-electron chi connectivity index (χ2n) is 21.7. The van der Waals surface area contributed by atoms with E-state index in [0.29, 0.717) is 12.8 Å². The minimum Gasteiger partial charge on any atom is -0.462 e. The number of carbonyl (C=O) groups excluding carboxylic acids is 3. The third-order valence-electron chi connectivity index (χ3n) is 14.0. The summed E-state index contributed by atoms with van der Waals surface area (Å²) in [6, 6.07) is 0. The van der Waals surface area contributed by atoms with Crippen molar-refractivity contribution in [2.75, 3.05) is 13.2 Å². The minimum absolute atomic E-state index is 0.0926. The lowest BCUT2D eigenvalue weighted by molar-refractivity contribution is -0.166. The summed E-state index contributed by atoms with van der Waals surface area (Å²) in [6.45, 7) is 6.40. The van der Waals surface area contributed by atoms with Gasteiger partial charge in [0.15, 0.2) is 6.10 Å². The Morgan fingerprint density at radius 1 is 0.282 bits per heavy atom. The Hall–Kier alpha value is -3.93. The van der Waals surface area contributed by atoms with Crippen molar-refractivity contribution in [3.8, 4) is 0 Å². The molecule has 0 radical (unpaired) electrons. The summed E-state index contributed by atoms with van der Waals surface area (Å²) < 4.78 is 16.8. The number of unbranched alkanes of at least 4 members (excludes halogenated alkanes) is 31. The van der Waals surface area contributed by atoms with Crippen molar-refractivity contribution in [1.29, 1.82) is 0 Å². The van der Waals surface area contributed by atoms with Crippen molar-refractivity contribution in [3.05, 3.63) is 109 Å². The SMILES string of the molecule is CC/C=C\C/C=C\C/C=C\C/C=C\C/C=C\CC(=O)OC(COC(=O)CCCCCCC/C=C\C/C=C\CCCC)COC(=O)CCCCCCCCCCCCCCCCCCCCC/C=C\C/C=C\CCCCCCC. The standard InChI is InChI=1S/C72H122O6/c1-4-7-10-13-16-19-22-25-28-29-30-31-32-33-34-35-36-37-38-39-40-41-42-43-45-47-50-53-56-59-62-65-71(74)77-68-69(67-76-70(73)64-61-58-55-52-49-46-27-24-21-18-15-12-9-6-3)78-72(75)66-63-60-57-54-51-48-44-26-23-20-17-14-11-8-5-2/h8,11,15,17-18,20,22,24-27,29-30,44,51,54,60,63,69H,4-7,9-10,12-14,16,19,21,23,28,31-43,45-50,52-53,55-59,61-62,64-68H2,1-3H3/b11-8-,18-15-,20-17-,25-22-,27-24-,30-29-,44-26-,54-51-,63-60-. The van der Waals surface area contributed by atoms with E-state index in [1.807, 2.05) is 6.08 Å². The van der Waals surface area contributed by atoms with Gasteiger partial charge in [-0.3, -0.25) is 14.4 Å². The van der Waals surface area contributed by atoms with Crippen molar-refractivity contribution >= 4 is 17.9 Å². The van der Waals surface area contributed by atoms with Gasteiger partial charge in [-0.2, -0.15) is 0 Å². The molecule has 0 aliphatic carbocycles. The predicted molar refractivity (Wildman–Crippen MR) is 339 cm³/mol. The first-order chi connectivity index (χ1) is 38.5. The van der Waals surface area contributed by atoms with Crippen molar-refractivity contribution in [3.63, 3.8) is 0 Å². The molecule has 6 nitrogen and oxygen atoms in total. The molecule has 78 heavy (non-hydrogen) atoms. The topological polar surface area (TPSA) is 78.9 Å². The van der Waals surface area contributed by atoms with E-state index in [1.165, 1.54) is 167 Å². The number of rotatable bonds is 59. The summed E-state index contributed by atoms with van der Waals surface area (Å²) in [5.74, 6) is -1.06. The van der Waals surface area contributed by atoms with Crippen molar-refractivity contribution in [2.45, 2.75) is 316 Å². The van der Waals surface area contributed by atoms with Crippen LogP contribution in [0.2, 0.25) is 0 Å². The zero-order valence-electron chi connectivity index (χ0n) is 51.2. The maximum absolute atomic E-state index is 12.8. The number of esters is 3. The van der Waals surface area contributed by atoms with E-state index >= 15 is 0 Å². The van der Waals surface area contributed by atoms with Crippen LogP contribution in [0.1, 0.15) is 310 Å². The first-order valence-corrected chi connectivity index (χ1v) is 32.9. The zero-order valence-corrected chi connectivity index (χ0v) is 51.2. The largest absolute Gasteiger partial charge is 0.462 e. The highest BCUT2D eigenvalue weighted by Gasteiger charge is 2.19. The summed E-state index contributed by atoms with van der Waals surface area (Å²) in [4.78, 5) is 38.2. The van der Waals surface area contributed by atoms with E-state index in [-0.39, 0.29) is 31.6 Å². The van der Waals surface area contributed by atoms with Crippen LogP contribution in [0.15, 0.2) is 109 Å². The van der Waals surface area contributed by atoms with Crippen LogP contribution in [0.4, 0.5) is 0 Å². The maximum Gasteiger partial charge on any atom is 0.310 e. The van der Waals surface area contributed by atoms with E-state index < -0.39 is 12.1 Å². The fourth-order valence-electron chi connectivity index (χ4n) is 9.10. The van der Waals surface area contributed by atoms with Crippen LogP contribution in [0, 0.1) is 0 Å². The number of hydrogen-bond acceptors (Lipinski definition) is 6. The molecule has 0 N–H and O–H groups in total. The average molecular weight is 1080 g/mol. The van der Waals surface area contributed by atoms with Gasteiger partial charge in [0.2, 0.25) is 0 Å². The lowest BCUT2D eigenvalue weighted by Crippen LogP contribution is -2.30. The van der Waals surface area contributed by atoms with Gasteiger partial charge < -0.3 is 14.2 Å². The third-order valence-corrected chi connectivity index (χ3v) is 14.0. The highest BCUT2D eigenvalue weighted by molar-refractivity contribution is 5.72. The first-order valence-electron chi connectivity index (χ1n) is 32.9. The molecule has 1 atom stereocenters. The van der Waals surface area contributed by atoms with Crippen LogP contribution in [0.25, 0.3) is 0 Å². The Labute approximate surface area is 482 Å². The molecule has 0 heterocycles.